The predicted molar refractivity (Wildman–Crippen MR) is 93.2 cm³/mol. The van der Waals surface area contributed by atoms with Gasteiger partial charge in [0, 0.05) is 19.3 Å². The van der Waals surface area contributed by atoms with Crippen LogP contribution in [0.25, 0.3) is 0 Å². The first-order valence-corrected chi connectivity index (χ1v) is 8.06. The number of hydrogen-bond acceptors (Lipinski definition) is 4. The lowest BCUT2D eigenvalue weighted by atomic mass is 10.1. The summed E-state index contributed by atoms with van der Waals surface area (Å²) in [6.07, 6.45) is 4.95. The van der Waals surface area contributed by atoms with E-state index in [1.807, 2.05) is 24.3 Å². The van der Waals surface area contributed by atoms with E-state index in [9.17, 15) is 9.59 Å². The van der Waals surface area contributed by atoms with Crippen LogP contribution < -0.4 is 16.0 Å². The number of anilines is 2. The Balaban J connectivity index is 1.77. The van der Waals surface area contributed by atoms with Gasteiger partial charge in [-0.1, -0.05) is 12.1 Å². The standard InChI is InChI=1S/C18H20N4O2/c19-17(23)15-9-8-13(12-20-15)18(24)21-14-6-2-3-7-16(14)22-10-4-1-5-11-22/h2-3,6-9,12H,1,4-5,10-11H2,(H2,19,23)(H,21,24). The molecule has 0 radical (unpaired) electrons. The van der Waals surface area contributed by atoms with Crippen LogP contribution in [-0.4, -0.2) is 29.9 Å². The zero-order valence-corrected chi connectivity index (χ0v) is 13.4. The second-order valence-corrected chi connectivity index (χ2v) is 5.82. The maximum absolute atomic E-state index is 12.4. The third-order valence-corrected chi connectivity index (χ3v) is 4.13. The number of carbonyl (C=O) groups excluding carboxylic acids is 2. The van der Waals surface area contributed by atoms with Crippen molar-refractivity contribution in [1.29, 1.82) is 0 Å². The van der Waals surface area contributed by atoms with Crippen molar-refractivity contribution in [2.45, 2.75) is 19.3 Å². The van der Waals surface area contributed by atoms with Gasteiger partial charge in [-0.2, -0.15) is 0 Å². The molecule has 2 aromatic rings. The SMILES string of the molecule is NC(=O)c1ccc(C(=O)Nc2ccccc2N2CCCCC2)cn1. The third-order valence-electron chi connectivity index (χ3n) is 4.13. The summed E-state index contributed by atoms with van der Waals surface area (Å²) in [6, 6.07) is 10.8. The quantitative estimate of drug-likeness (QED) is 0.904. The molecule has 2 heterocycles. The molecule has 24 heavy (non-hydrogen) atoms. The zero-order chi connectivity index (χ0) is 16.9. The predicted octanol–water partition coefficient (Wildman–Crippen LogP) is 2.42. The molecule has 6 nitrogen and oxygen atoms in total. The molecule has 3 rings (SSSR count). The Kier molecular flexibility index (Phi) is 4.74. The summed E-state index contributed by atoms with van der Waals surface area (Å²) in [4.78, 5) is 29.7. The fourth-order valence-corrected chi connectivity index (χ4v) is 2.86. The molecule has 0 atom stereocenters. The van der Waals surface area contributed by atoms with Crippen LogP contribution >= 0.6 is 0 Å². The Morgan fingerprint density at radius 2 is 1.79 bits per heavy atom. The molecule has 1 aromatic heterocycles. The van der Waals surface area contributed by atoms with Crippen molar-refractivity contribution in [2.24, 2.45) is 5.73 Å². The van der Waals surface area contributed by atoms with Crippen LogP contribution in [-0.2, 0) is 0 Å². The van der Waals surface area contributed by atoms with E-state index in [-0.39, 0.29) is 11.6 Å². The van der Waals surface area contributed by atoms with Gasteiger partial charge in [0.05, 0.1) is 16.9 Å². The number of para-hydroxylation sites is 2. The van der Waals surface area contributed by atoms with E-state index in [1.165, 1.54) is 31.5 Å². The number of piperidine rings is 1. The van der Waals surface area contributed by atoms with Crippen molar-refractivity contribution in [3.8, 4) is 0 Å². The lowest BCUT2D eigenvalue weighted by Gasteiger charge is -2.30. The van der Waals surface area contributed by atoms with Crippen molar-refractivity contribution in [3.63, 3.8) is 0 Å². The smallest absolute Gasteiger partial charge is 0.267 e. The van der Waals surface area contributed by atoms with Gasteiger partial charge in [-0.15, -0.1) is 0 Å². The molecular formula is C18H20N4O2. The lowest BCUT2D eigenvalue weighted by Crippen LogP contribution is -2.30. The Labute approximate surface area is 140 Å². The van der Waals surface area contributed by atoms with Gasteiger partial charge in [0.2, 0.25) is 0 Å². The number of aromatic nitrogens is 1. The number of nitrogens with zero attached hydrogens (tertiary/aromatic N) is 2. The lowest BCUT2D eigenvalue weighted by molar-refractivity contribution is 0.0990. The van der Waals surface area contributed by atoms with E-state index in [0.29, 0.717) is 5.56 Å². The topological polar surface area (TPSA) is 88.3 Å². The molecule has 0 unspecified atom stereocenters. The van der Waals surface area contributed by atoms with E-state index < -0.39 is 5.91 Å². The first kappa shape index (κ1) is 16.0. The maximum atomic E-state index is 12.4. The van der Waals surface area contributed by atoms with Crippen molar-refractivity contribution in [2.75, 3.05) is 23.3 Å². The molecule has 3 N–H and O–H groups in total. The van der Waals surface area contributed by atoms with Crippen LogP contribution in [0, 0.1) is 0 Å². The number of rotatable bonds is 4. The highest BCUT2D eigenvalue weighted by molar-refractivity contribution is 6.06. The van der Waals surface area contributed by atoms with Crippen molar-refractivity contribution >= 4 is 23.2 Å². The molecule has 1 aromatic carbocycles. The number of pyridine rings is 1. The number of nitrogens with two attached hydrogens (primary N) is 1. The highest BCUT2D eigenvalue weighted by Gasteiger charge is 2.16. The van der Waals surface area contributed by atoms with E-state index in [0.717, 1.165) is 24.5 Å². The number of amides is 2. The van der Waals surface area contributed by atoms with Gasteiger partial charge in [0.25, 0.3) is 11.8 Å². The molecule has 1 saturated heterocycles. The number of nitrogens with one attached hydrogen (secondary N) is 1. The fraction of sp³-hybridized carbons (Fsp3) is 0.278. The van der Waals surface area contributed by atoms with Crippen molar-refractivity contribution in [3.05, 3.63) is 53.9 Å². The Hall–Kier alpha value is -2.89. The molecule has 124 valence electrons. The minimum absolute atomic E-state index is 0.139. The van der Waals surface area contributed by atoms with Crippen molar-refractivity contribution in [1.82, 2.24) is 4.98 Å². The summed E-state index contributed by atoms with van der Waals surface area (Å²) >= 11 is 0. The highest BCUT2D eigenvalue weighted by Crippen LogP contribution is 2.28. The fourth-order valence-electron chi connectivity index (χ4n) is 2.86. The molecule has 1 aliphatic rings. The number of benzene rings is 1. The zero-order valence-electron chi connectivity index (χ0n) is 13.4. The highest BCUT2D eigenvalue weighted by atomic mass is 16.2. The summed E-state index contributed by atoms with van der Waals surface area (Å²) in [5, 5.41) is 2.94. The van der Waals surface area contributed by atoms with Gasteiger partial charge < -0.3 is 16.0 Å². The van der Waals surface area contributed by atoms with E-state index >= 15 is 0 Å². The van der Waals surface area contributed by atoms with Crippen LogP contribution in [0.2, 0.25) is 0 Å². The summed E-state index contributed by atoms with van der Waals surface area (Å²) < 4.78 is 0. The molecule has 2 amide bonds. The Morgan fingerprint density at radius 1 is 1.04 bits per heavy atom. The molecule has 0 saturated carbocycles. The monoisotopic (exact) mass is 324 g/mol. The minimum atomic E-state index is -0.614. The van der Waals surface area contributed by atoms with Gasteiger partial charge in [-0.3, -0.25) is 14.6 Å². The number of hydrogen-bond donors (Lipinski definition) is 2. The first-order chi connectivity index (χ1) is 11.6. The summed E-state index contributed by atoms with van der Waals surface area (Å²) in [5.41, 5.74) is 7.50. The van der Waals surface area contributed by atoms with Gasteiger partial charge in [0.15, 0.2) is 0 Å². The van der Waals surface area contributed by atoms with Crippen LogP contribution in [0.3, 0.4) is 0 Å². The van der Waals surface area contributed by atoms with E-state index in [4.69, 9.17) is 5.73 Å². The molecule has 6 heteroatoms. The third kappa shape index (κ3) is 3.53. The molecule has 0 aliphatic carbocycles. The van der Waals surface area contributed by atoms with E-state index in [2.05, 4.69) is 15.2 Å². The van der Waals surface area contributed by atoms with Gasteiger partial charge >= 0.3 is 0 Å². The molecule has 1 aliphatic heterocycles. The Bertz CT molecular complexity index is 737. The van der Waals surface area contributed by atoms with Gasteiger partial charge in [0.1, 0.15) is 5.69 Å². The molecule has 0 spiro atoms. The van der Waals surface area contributed by atoms with Crippen LogP contribution in [0.5, 0.6) is 0 Å². The molecule has 1 fully saturated rings. The molecule has 0 bridgehead atoms. The van der Waals surface area contributed by atoms with Crippen LogP contribution in [0.4, 0.5) is 11.4 Å². The molecular weight excluding hydrogens is 304 g/mol. The van der Waals surface area contributed by atoms with Gasteiger partial charge in [-0.25, -0.2) is 0 Å². The van der Waals surface area contributed by atoms with Crippen LogP contribution in [0.1, 0.15) is 40.1 Å². The Morgan fingerprint density at radius 3 is 2.46 bits per heavy atom. The summed E-state index contributed by atoms with van der Waals surface area (Å²) in [5.74, 6) is -0.875. The van der Waals surface area contributed by atoms with Gasteiger partial charge in [-0.05, 0) is 43.5 Å². The largest absolute Gasteiger partial charge is 0.370 e. The first-order valence-electron chi connectivity index (χ1n) is 8.06. The number of carbonyl (C=O) groups is 2. The second kappa shape index (κ2) is 7.12. The average molecular weight is 324 g/mol. The van der Waals surface area contributed by atoms with E-state index in [1.54, 1.807) is 6.07 Å². The normalized spacial score (nSPS) is 14.2. The average Bonchev–Trinajstić information content (AvgIpc) is 2.63. The summed E-state index contributed by atoms with van der Waals surface area (Å²) in [6.45, 7) is 2.00. The maximum Gasteiger partial charge on any atom is 0.267 e. The van der Waals surface area contributed by atoms with Crippen LogP contribution in [0.15, 0.2) is 42.6 Å². The van der Waals surface area contributed by atoms with Crippen molar-refractivity contribution < 1.29 is 9.59 Å². The summed E-state index contributed by atoms with van der Waals surface area (Å²) in [7, 11) is 0. The number of primary amides is 1. The minimum Gasteiger partial charge on any atom is -0.370 e. The second-order valence-electron chi connectivity index (χ2n) is 5.82.